The van der Waals surface area contributed by atoms with Gasteiger partial charge in [-0.2, -0.15) is 0 Å². The van der Waals surface area contributed by atoms with Crippen LogP contribution < -0.4 is 10.2 Å². The Kier molecular flexibility index (Phi) is 5.89. The zero-order valence-electron chi connectivity index (χ0n) is 14.0. The van der Waals surface area contributed by atoms with Crippen molar-refractivity contribution >= 4 is 41.5 Å². The fraction of sp³-hybridized carbons (Fsp3) is 0.316. The van der Waals surface area contributed by atoms with Crippen LogP contribution in [0, 0.1) is 0 Å². The number of rotatable bonds is 3. The van der Waals surface area contributed by atoms with Gasteiger partial charge in [-0.15, -0.1) is 12.4 Å². The van der Waals surface area contributed by atoms with Gasteiger partial charge in [0.1, 0.15) is 0 Å². The van der Waals surface area contributed by atoms with Crippen molar-refractivity contribution in [2.75, 3.05) is 37.6 Å². The number of amides is 1. The van der Waals surface area contributed by atoms with Gasteiger partial charge in [0.05, 0.1) is 11.4 Å². The number of para-hydroxylation sites is 2. The molecule has 0 radical (unpaired) electrons. The van der Waals surface area contributed by atoms with Crippen LogP contribution in [0.4, 0.5) is 11.4 Å². The molecule has 132 valence electrons. The third-order valence-corrected chi connectivity index (χ3v) is 5.68. The van der Waals surface area contributed by atoms with Crippen molar-refractivity contribution in [2.24, 2.45) is 0 Å². The first-order chi connectivity index (χ1) is 11.8. The Morgan fingerprint density at radius 2 is 1.52 bits per heavy atom. The second-order valence-electron chi connectivity index (χ2n) is 6.07. The average Bonchev–Trinajstić information content (AvgIpc) is 2.65. The Hall–Kier alpha value is -1.69. The maximum absolute atomic E-state index is 12.5. The molecular weight excluding hydrogens is 354 g/mol. The number of fused-ring (bicyclic) bond motifs is 2. The molecule has 2 heterocycles. The predicted molar refractivity (Wildman–Crippen MR) is 105 cm³/mol. The fourth-order valence-corrected chi connectivity index (χ4v) is 4.40. The lowest BCUT2D eigenvalue weighted by atomic mass is 10.2. The number of hydrogen-bond donors (Lipinski definition) is 1. The molecule has 2 aliphatic rings. The third kappa shape index (κ3) is 3.78. The third-order valence-electron chi connectivity index (χ3n) is 4.55. The number of benzene rings is 2. The minimum Gasteiger partial charge on any atom is -0.340 e. The molecule has 1 N–H and O–H groups in total. The summed E-state index contributed by atoms with van der Waals surface area (Å²) in [5.41, 5.74) is 2.41. The van der Waals surface area contributed by atoms with Gasteiger partial charge in [0.15, 0.2) is 0 Å². The second-order valence-corrected chi connectivity index (χ2v) is 7.15. The number of hydrogen-bond acceptors (Lipinski definition) is 4. The molecule has 0 saturated carbocycles. The van der Waals surface area contributed by atoms with Gasteiger partial charge in [0.25, 0.3) is 0 Å². The molecule has 25 heavy (non-hydrogen) atoms. The van der Waals surface area contributed by atoms with Crippen LogP contribution >= 0.6 is 24.2 Å². The molecule has 2 aromatic rings. The van der Waals surface area contributed by atoms with E-state index >= 15 is 0 Å². The van der Waals surface area contributed by atoms with E-state index in [1.54, 1.807) is 11.8 Å². The van der Waals surface area contributed by atoms with Crippen LogP contribution in [0.1, 0.15) is 6.42 Å². The van der Waals surface area contributed by atoms with Crippen LogP contribution in [0.25, 0.3) is 0 Å². The first kappa shape index (κ1) is 18.1. The van der Waals surface area contributed by atoms with E-state index in [-0.39, 0.29) is 18.3 Å². The largest absolute Gasteiger partial charge is 0.340 e. The van der Waals surface area contributed by atoms with Crippen molar-refractivity contribution < 1.29 is 4.79 Å². The quantitative estimate of drug-likeness (QED) is 0.890. The normalized spacial score (nSPS) is 15.8. The maximum Gasteiger partial charge on any atom is 0.224 e. The molecule has 0 spiro atoms. The van der Waals surface area contributed by atoms with Crippen LogP contribution in [0.15, 0.2) is 58.3 Å². The Morgan fingerprint density at radius 1 is 0.960 bits per heavy atom. The molecule has 1 amide bonds. The van der Waals surface area contributed by atoms with Gasteiger partial charge in [-0.1, -0.05) is 36.0 Å². The van der Waals surface area contributed by atoms with Crippen molar-refractivity contribution in [2.45, 2.75) is 16.2 Å². The second kappa shape index (κ2) is 8.13. The molecule has 4 rings (SSSR count). The van der Waals surface area contributed by atoms with E-state index in [4.69, 9.17) is 0 Å². The van der Waals surface area contributed by atoms with Gasteiger partial charge < -0.3 is 15.1 Å². The molecule has 6 heteroatoms. The summed E-state index contributed by atoms with van der Waals surface area (Å²) < 4.78 is 0. The monoisotopic (exact) mass is 375 g/mol. The summed E-state index contributed by atoms with van der Waals surface area (Å²) in [7, 11) is 0. The van der Waals surface area contributed by atoms with Crippen LogP contribution in [0.2, 0.25) is 0 Å². The molecule has 0 unspecified atom stereocenters. The Morgan fingerprint density at radius 3 is 2.12 bits per heavy atom. The van der Waals surface area contributed by atoms with Gasteiger partial charge >= 0.3 is 0 Å². The summed E-state index contributed by atoms with van der Waals surface area (Å²) in [4.78, 5) is 19.3. The molecule has 0 atom stereocenters. The predicted octanol–water partition coefficient (Wildman–Crippen LogP) is 3.53. The fourth-order valence-electron chi connectivity index (χ4n) is 3.30. The van der Waals surface area contributed by atoms with Gasteiger partial charge in [0, 0.05) is 48.9 Å². The first-order valence-electron chi connectivity index (χ1n) is 8.45. The van der Waals surface area contributed by atoms with Gasteiger partial charge in [-0.25, -0.2) is 0 Å². The number of piperazine rings is 1. The minimum absolute atomic E-state index is 0. The first-order valence-corrected chi connectivity index (χ1v) is 9.26. The molecular formula is C19H22ClN3OS. The van der Waals surface area contributed by atoms with Crippen LogP contribution in [0.3, 0.4) is 0 Å². The molecule has 4 nitrogen and oxygen atoms in total. The van der Waals surface area contributed by atoms with Crippen molar-refractivity contribution in [3.8, 4) is 0 Å². The maximum atomic E-state index is 12.5. The van der Waals surface area contributed by atoms with E-state index in [1.807, 2.05) is 4.90 Å². The zero-order chi connectivity index (χ0) is 16.4. The van der Waals surface area contributed by atoms with Crippen molar-refractivity contribution in [1.82, 2.24) is 10.2 Å². The minimum atomic E-state index is 0. The highest BCUT2D eigenvalue weighted by Gasteiger charge is 2.24. The number of carbonyl (C=O) groups excluding carboxylic acids is 1. The van der Waals surface area contributed by atoms with E-state index in [9.17, 15) is 4.79 Å². The highest BCUT2D eigenvalue weighted by Crippen LogP contribution is 2.47. The van der Waals surface area contributed by atoms with E-state index in [0.717, 1.165) is 32.7 Å². The van der Waals surface area contributed by atoms with Crippen molar-refractivity contribution in [3.05, 3.63) is 48.5 Å². The van der Waals surface area contributed by atoms with Gasteiger partial charge in [0.2, 0.25) is 5.91 Å². The summed E-state index contributed by atoms with van der Waals surface area (Å²) in [5, 5.41) is 3.29. The molecule has 0 aliphatic carbocycles. The summed E-state index contributed by atoms with van der Waals surface area (Å²) in [5.74, 6) is 0.254. The van der Waals surface area contributed by atoms with Crippen LogP contribution in [0.5, 0.6) is 0 Å². The van der Waals surface area contributed by atoms with E-state index < -0.39 is 0 Å². The summed E-state index contributed by atoms with van der Waals surface area (Å²) in [6.07, 6.45) is 0.549. The van der Waals surface area contributed by atoms with Crippen molar-refractivity contribution in [1.29, 1.82) is 0 Å². The molecule has 2 aromatic carbocycles. The lowest BCUT2D eigenvalue weighted by molar-refractivity contribution is -0.131. The summed E-state index contributed by atoms with van der Waals surface area (Å²) in [6.45, 7) is 4.16. The highest BCUT2D eigenvalue weighted by molar-refractivity contribution is 7.99. The van der Waals surface area contributed by atoms with Crippen LogP contribution in [-0.4, -0.2) is 43.5 Å². The number of halogens is 1. The molecule has 0 aromatic heterocycles. The topological polar surface area (TPSA) is 35.6 Å². The van der Waals surface area contributed by atoms with Gasteiger partial charge in [-0.05, 0) is 24.3 Å². The number of nitrogens with one attached hydrogen (secondary N) is 1. The lowest BCUT2D eigenvalue weighted by Crippen LogP contribution is -2.47. The lowest BCUT2D eigenvalue weighted by Gasteiger charge is -2.33. The van der Waals surface area contributed by atoms with E-state index in [0.29, 0.717) is 6.42 Å². The Bertz CT molecular complexity index is 703. The molecule has 0 bridgehead atoms. The number of carbonyl (C=O) groups is 1. The van der Waals surface area contributed by atoms with Gasteiger partial charge in [-0.3, -0.25) is 4.79 Å². The Labute approximate surface area is 159 Å². The number of nitrogens with zero attached hydrogens (tertiary/aromatic N) is 2. The summed E-state index contributed by atoms with van der Waals surface area (Å²) >= 11 is 1.80. The summed E-state index contributed by atoms with van der Waals surface area (Å²) in [6, 6.07) is 16.9. The van der Waals surface area contributed by atoms with Crippen molar-refractivity contribution in [3.63, 3.8) is 0 Å². The smallest absolute Gasteiger partial charge is 0.224 e. The molecule has 1 saturated heterocycles. The molecule has 1 fully saturated rings. The number of anilines is 2. The SMILES string of the molecule is Cl.O=C(CCN1c2ccccc2Sc2ccccc21)N1CCNCC1. The molecule has 2 aliphatic heterocycles. The zero-order valence-corrected chi connectivity index (χ0v) is 15.6. The van der Waals surface area contributed by atoms with E-state index in [2.05, 4.69) is 58.7 Å². The standard InChI is InChI=1S/C19H21N3OS.ClH/c23-19(21-13-10-20-11-14-21)9-12-22-15-5-1-3-7-17(15)24-18-8-4-2-6-16(18)22;/h1-8,20H,9-14H2;1H. The van der Waals surface area contributed by atoms with Crippen LogP contribution in [-0.2, 0) is 4.79 Å². The van der Waals surface area contributed by atoms with E-state index in [1.165, 1.54) is 21.2 Å². The average molecular weight is 376 g/mol. The highest BCUT2D eigenvalue weighted by atomic mass is 35.5. The Balaban J connectivity index is 0.00000182.